The number of β-amino-alcohol motifs (C(OH)–C–C–N with tert-alkyl or cyclic N) is 1. The van der Waals surface area contributed by atoms with E-state index in [9.17, 15) is 0 Å². The van der Waals surface area contributed by atoms with Gasteiger partial charge in [0.25, 0.3) is 0 Å². The number of aliphatic hydroxyl groups excluding tert-OH is 1. The smallest absolute Gasteiger partial charge is 0.0721 e. The maximum absolute atomic E-state index is 9.07. The van der Waals surface area contributed by atoms with Gasteiger partial charge in [-0.1, -0.05) is 48.5 Å². The molecule has 0 unspecified atom stereocenters. The van der Waals surface area contributed by atoms with Gasteiger partial charge >= 0.3 is 0 Å². The van der Waals surface area contributed by atoms with Crippen LogP contribution in [-0.2, 0) is 17.9 Å². The minimum absolute atomic E-state index is 0.258. The summed E-state index contributed by atoms with van der Waals surface area (Å²) in [6, 6.07) is 17.8. The molecule has 1 N–H and O–H groups in total. The summed E-state index contributed by atoms with van der Waals surface area (Å²) in [5.74, 6) is 0. The number of benzene rings is 2. The summed E-state index contributed by atoms with van der Waals surface area (Å²) in [5, 5.41) is 9.07. The zero-order valence-corrected chi connectivity index (χ0v) is 18.2. The predicted molar refractivity (Wildman–Crippen MR) is 121 cm³/mol. The first-order chi connectivity index (χ1) is 14.7. The predicted octanol–water partition coefficient (Wildman–Crippen LogP) is 2.68. The van der Waals surface area contributed by atoms with Crippen LogP contribution in [0.4, 0.5) is 0 Å². The maximum atomic E-state index is 9.07. The van der Waals surface area contributed by atoms with Crippen molar-refractivity contribution in [3.05, 3.63) is 59.7 Å². The quantitative estimate of drug-likeness (QED) is 0.726. The van der Waals surface area contributed by atoms with E-state index in [1.807, 2.05) is 0 Å². The number of piperazine rings is 1. The molecule has 2 aromatic carbocycles. The van der Waals surface area contributed by atoms with Gasteiger partial charge in [-0.3, -0.25) is 9.80 Å². The van der Waals surface area contributed by atoms with Crippen molar-refractivity contribution in [2.75, 3.05) is 59.5 Å². The number of hydrogen-bond acceptors (Lipinski definition) is 5. The highest BCUT2D eigenvalue weighted by molar-refractivity contribution is 5.63. The average molecular weight is 410 g/mol. The molecule has 2 fully saturated rings. The number of aliphatic hydroxyl groups is 1. The van der Waals surface area contributed by atoms with Crippen LogP contribution < -0.4 is 0 Å². The molecule has 162 valence electrons. The number of rotatable bonds is 8. The molecule has 0 aromatic heterocycles. The van der Waals surface area contributed by atoms with E-state index in [0.29, 0.717) is 12.7 Å². The van der Waals surface area contributed by atoms with Crippen LogP contribution in [-0.4, -0.2) is 85.4 Å². The zero-order valence-electron chi connectivity index (χ0n) is 18.2. The van der Waals surface area contributed by atoms with E-state index in [1.165, 1.54) is 22.3 Å². The van der Waals surface area contributed by atoms with Gasteiger partial charge in [-0.2, -0.15) is 0 Å². The van der Waals surface area contributed by atoms with E-state index < -0.39 is 0 Å². The first kappa shape index (κ1) is 21.5. The molecule has 5 nitrogen and oxygen atoms in total. The van der Waals surface area contributed by atoms with E-state index in [-0.39, 0.29) is 6.61 Å². The molecule has 0 aliphatic carbocycles. The summed E-state index contributed by atoms with van der Waals surface area (Å²) in [6.45, 7) is 9.17. The summed E-state index contributed by atoms with van der Waals surface area (Å²) >= 11 is 0. The average Bonchev–Trinajstić information content (AvgIpc) is 3.20. The second-order valence-corrected chi connectivity index (χ2v) is 8.72. The molecule has 0 saturated carbocycles. The van der Waals surface area contributed by atoms with Gasteiger partial charge in [0.15, 0.2) is 0 Å². The van der Waals surface area contributed by atoms with Crippen molar-refractivity contribution >= 4 is 0 Å². The fraction of sp³-hybridized carbons (Fsp3) is 0.520. The summed E-state index contributed by atoms with van der Waals surface area (Å²) in [7, 11) is 2.16. The maximum Gasteiger partial charge on any atom is 0.0721 e. The van der Waals surface area contributed by atoms with Gasteiger partial charge < -0.3 is 14.7 Å². The number of likely N-dealkylation sites (N-methyl/N-ethyl adjacent to an activating group) is 1. The van der Waals surface area contributed by atoms with Crippen LogP contribution in [0.2, 0.25) is 0 Å². The molecular weight excluding hydrogens is 374 g/mol. The van der Waals surface area contributed by atoms with Gasteiger partial charge in [0.2, 0.25) is 0 Å². The Morgan fingerprint density at radius 2 is 1.43 bits per heavy atom. The number of likely N-dealkylation sites (tertiary alicyclic amines) is 1. The van der Waals surface area contributed by atoms with Gasteiger partial charge in [0, 0.05) is 52.4 Å². The van der Waals surface area contributed by atoms with Crippen LogP contribution in [0.15, 0.2) is 48.5 Å². The van der Waals surface area contributed by atoms with Crippen molar-refractivity contribution in [2.45, 2.75) is 25.7 Å². The van der Waals surface area contributed by atoms with E-state index in [4.69, 9.17) is 9.84 Å². The van der Waals surface area contributed by atoms with Crippen LogP contribution in [0.1, 0.15) is 17.5 Å². The third-order valence-electron chi connectivity index (χ3n) is 6.36. The minimum Gasteiger partial charge on any atom is -0.395 e. The number of hydrogen-bond donors (Lipinski definition) is 1. The lowest BCUT2D eigenvalue weighted by molar-refractivity contribution is 0.0483. The lowest BCUT2D eigenvalue weighted by Gasteiger charge is -2.34. The number of ether oxygens (including phenoxy) is 1. The first-order valence-electron chi connectivity index (χ1n) is 11.2. The van der Waals surface area contributed by atoms with E-state index in [2.05, 4.69) is 70.3 Å². The molecule has 0 amide bonds. The molecule has 0 radical (unpaired) electrons. The van der Waals surface area contributed by atoms with Crippen LogP contribution >= 0.6 is 0 Å². The lowest BCUT2D eigenvalue weighted by atomic mass is 10.0. The van der Waals surface area contributed by atoms with Crippen LogP contribution in [0.3, 0.4) is 0 Å². The zero-order chi connectivity index (χ0) is 20.8. The minimum atomic E-state index is 0.258. The highest BCUT2D eigenvalue weighted by atomic mass is 16.5. The van der Waals surface area contributed by atoms with E-state index in [0.717, 1.165) is 58.8 Å². The summed E-state index contributed by atoms with van der Waals surface area (Å²) in [6.07, 6.45) is 1.51. The van der Waals surface area contributed by atoms with E-state index in [1.54, 1.807) is 0 Å². The van der Waals surface area contributed by atoms with Crippen molar-refractivity contribution in [3.63, 3.8) is 0 Å². The van der Waals surface area contributed by atoms with Gasteiger partial charge in [-0.15, -0.1) is 0 Å². The van der Waals surface area contributed by atoms with Crippen molar-refractivity contribution < 1.29 is 9.84 Å². The molecule has 2 aliphatic heterocycles. The second-order valence-electron chi connectivity index (χ2n) is 8.72. The SMILES string of the molecule is CN1CC[C@@H](OCc2ccc(-c3ccc(CN4CCN(CCO)CC4)cc3)cc2)C1. The Bertz CT molecular complexity index is 770. The normalized spacial score (nSPS) is 21.3. The molecule has 1 atom stereocenters. The standard InChI is InChI=1S/C25H35N3O2/c1-26-11-10-25(19-26)30-20-22-4-8-24(9-5-22)23-6-2-21(3-7-23)18-28-14-12-27(13-15-28)16-17-29/h2-9,25,29H,10-20H2,1H3/t25-/m1/s1. The molecule has 2 heterocycles. The molecule has 0 bridgehead atoms. The van der Waals surface area contributed by atoms with Gasteiger partial charge in [0.05, 0.1) is 19.3 Å². The fourth-order valence-electron chi connectivity index (χ4n) is 4.41. The highest BCUT2D eigenvalue weighted by Gasteiger charge is 2.19. The van der Waals surface area contributed by atoms with Gasteiger partial charge in [-0.05, 0) is 35.7 Å². The first-order valence-corrected chi connectivity index (χ1v) is 11.2. The Morgan fingerprint density at radius 3 is 2.00 bits per heavy atom. The molecule has 4 rings (SSSR count). The fourth-order valence-corrected chi connectivity index (χ4v) is 4.41. The Balaban J connectivity index is 1.26. The molecule has 0 spiro atoms. The summed E-state index contributed by atoms with van der Waals surface area (Å²) < 4.78 is 6.05. The monoisotopic (exact) mass is 409 g/mol. The molecule has 5 heteroatoms. The summed E-state index contributed by atoms with van der Waals surface area (Å²) in [4.78, 5) is 7.16. The van der Waals surface area contributed by atoms with Crippen molar-refractivity contribution in [2.24, 2.45) is 0 Å². The Kier molecular flexibility index (Phi) is 7.52. The van der Waals surface area contributed by atoms with Gasteiger partial charge in [0.1, 0.15) is 0 Å². The Labute approximate surface area is 180 Å². The molecule has 2 saturated heterocycles. The molecular formula is C25H35N3O2. The topological polar surface area (TPSA) is 39.2 Å². The van der Waals surface area contributed by atoms with Crippen molar-refractivity contribution in [1.82, 2.24) is 14.7 Å². The largest absolute Gasteiger partial charge is 0.395 e. The second kappa shape index (κ2) is 10.5. The highest BCUT2D eigenvalue weighted by Crippen LogP contribution is 2.22. The Morgan fingerprint density at radius 1 is 0.833 bits per heavy atom. The number of nitrogens with zero attached hydrogens (tertiary/aromatic N) is 3. The molecule has 30 heavy (non-hydrogen) atoms. The Hall–Kier alpha value is -1.76. The molecule has 2 aromatic rings. The third-order valence-corrected chi connectivity index (χ3v) is 6.36. The van der Waals surface area contributed by atoms with Crippen LogP contribution in [0, 0.1) is 0 Å². The summed E-state index contributed by atoms with van der Waals surface area (Å²) in [5.41, 5.74) is 5.12. The van der Waals surface area contributed by atoms with Gasteiger partial charge in [-0.25, -0.2) is 0 Å². The van der Waals surface area contributed by atoms with E-state index >= 15 is 0 Å². The van der Waals surface area contributed by atoms with Crippen LogP contribution in [0.25, 0.3) is 11.1 Å². The lowest BCUT2D eigenvalue weighted by Crippen LogP contribution is -2.46. The van der Waals surface area contributed by atoms with Crippen molar-refractivity contribution in [1.29, 1.82) is 0 Å². The molecule has 2 aliphatic rings. The third kappa shape index (κ3) is 5.90. The van der Waals surface area contributed by atoms with Crippen LogP contribution in [0.5, 0.6) is 0 Å². The van der Waals surface area contributed by atoms with Crippen molar-refractivity contribution in [3.8, 4) is 11.1 Å².